The van der Waals surface area contributed by atoms with Crippen LogP contribution in [0.2, 0.25) is 0 Å². The van der Waals surface area contributed by atoms with Crippen molar-refractivity contribution in [3.63, 3.8) is 0 Å². The van der Waals surface area contributed by atoms with Gasteiger partial charge in [0.25, 0.3) is 0 Å². The number of carboxylic acids is 1. The Morgan fingerprint density at radius 1 is 1.30 bits per heavy atom. The van der Waals surface area contributed by atoms with Gasteiger partial charge in [-0.2, -0.15) is 5.26 Å². The molecular formula is C20H17NO2. The minimum absolute atomic E-state index is 0.580. The normalized spacial score (nSPS) is 21.7. The molecule has 23 heavy (non-hydrogen) atoms. The molecule has 2 atom stereocenters. The molecule has 0 radical (unpaired) electrons. The Kier molecular flexibility index (Phi) is 3.54. The van der Waals surface area contributed by atoms with E-state index in [4.69, 9.17) is 0 Å². The number of carboxylic acid groups (broad SMARTS) is 1. The summed E-state index contributed by atoms with van der Waals surface area (Å²) in [6, 6.07) is 15.4. The van der Waals surface area contributed by atoms with Gasteiger partial charge in [0.15, 0.2) is 0 Å². The fraction of sp³-hybridized carbons (Fsp3) is 0.200. The molecule has 0 saturated carbocycles. The van der Waals surface area contributed by atoms with Crippen LogP contribution >= 0.6 is 0 Å². The monoisotopic (exact) mass is 303 g/mol. The summed E-state index contributed by atoms with van der Waals surface area (Å²) in [6.07, 6.45) is 2.34. The highest BCUT2D eigenvalue weighted by Crippen LogP contribution is 2.47. The second kappa shape index (κ2) is 5.40. The van der Waals surface area contributed by atoms with Crippen LogP contribution in [0.4, 0.5) is 0 Å². The second-order valence-electron chi connectivity index (χ2n) is 5.97. The molecule has 0 saturated heterocycles. The molecule has 3 rings (SSSR count). The van der Waals surface area contributed by atoms with E-state index in [1.165, 1.54) is 0 Å². The van der Waals surface area contributed by atoms with Gasteiger partial charge in [-0.3, -0.25) is 4.79 Å². The molecule has 0 bridgehead atoms. The van der Waals surface area contributed by atoms with Crippen molar-refractivity contribution in [2.75, 3.05) is 0 Å². The van der Waals surface area contributed by atoms with Gasteiger partial charge in [0, 0.05) is 0 Å². The molecule has 114 valence electrons. The summed E-state index contributed by atoms with van der Waals surface area (Å²) in [5, 5.41) is 19.7. The molecule has 0 aromatic heterocycles. The van der Waals surface area contributed by atoms with Crippen molar-refractivity contribution in [2.24, 2.45) is 0 Å². The van der Waals surface area contributed by atoms with Gasteiger partial charge in [0.1, 0.15) is 11.3 Å². The molecule has 0 spiro atoms. The van der Waals surface area contributed by atoms with Crippen molar-refractivity contribution < 1.29 is 9.90 Å². The van der Waals surface area contributed by atoms with E-state index in [2.05, 4.69) is 12.6 Å². The Morgan fingerprint density at radius 2 is 2.00 bits per heavy atom. The summed E-state index contributed by atoms with van der Waals surface area (Å²) in [4.78, 5) is 12.0. The quantitative estimate of drug-likeness (QED) is 0.878. The maximum absolute atomic E-state index is 12.0. The van der Waals surface area contributed by atoms with Crippen molar-refractivity contribution in [3.05, 3.63) is 82.9 Å². The molecule has 0 amide bonds. The van der Waals surface area contributed by atoms with E-state index in [0.717, 1.165) is 22.3 Å². The van der Waals surface area contributed by atoms with Crippen molar-refractivity contribution in [3.8, 4) is 6.07 Å². The van der Waals surface area contributed by atoms with Crippen LogP contribution < -0.4 is 0 Å². The van der Waals surface area contributed by atoms with Gasteiger partial charge in [-0.1, -0.05) is 48.5 Å². The van der Waals surface area contributed by atoms with Crippen molar-refractivity contribution in [1.82, 2.24) is 0 Å². The summed E-state index contributed by atoms with van der Waals surface area (Å²) in [6.45, 7) is 5.62. The van der Waals surface area contributed by atoms with E-state index < -0.39 is 17.3 Å². The lowest BCUT2D eigenvalue weighted by atomic mass is 9.64. The summed E-state index contributed by atoms with van der Waals surface area (Å²) >= 11 is 0. The van der Waals surface area contributed by atoms with E-state index in [1.54, 1.807) is 6.08 Å². The molecule has 3 heteroatoms. The minimum Gasteiger partial charge on any atom is -0.481 e. The lowest BCUT2D eigenvalue weighted by Crippen LogP contribution is -2.34. The van der Waals surface area contributed by atoms with E-state index in [0.29, 0.717) is 12.0 Å². The number of nitriles is 1. The number of hydrogen-bond donors (Lipinski definition) is 1. The van der Waals surface area contributed by atoms with Gasteiger partial charge in [-0.25, -0.2) is 0 Å². The zero-order valence-corrected chi connectivity index (χ0v) is 12.9. The Labute approximate surface area is 135 Å². The largest absolute Gasteiger partial charge is 0.481 e. The average Bonchev–Trinajstić information content (AvgIpc) is 2.56. The summed E-state index contributed by atoms with van der Waals surface area (Å²) in [7, 11) is 0. The number of rotatable bonds is 3. The highest BCUT2D eigenvalue weighted by Gasteiger charge is 2.44. The number of allylic oxidation sites excluding steroid dienone is 1. The van der Waals surface area contributed by atoms with Gasteiger partial charge in [0.05, 0.1) is 6.07 Å². The number of carbonyl (C=O) groups is 1. The Bertz CT molecular complexity index is 847. The summed E-state index contributed by atoms with van der Waals surface area (Å²) < 4.78 is 0. The molecule has 1 N–H and O–H groups in total. The predicted molar refractivity (Wildman–Crippen MR) is 88.3 cm³/mol. The maximum Gasteiger partial charge on any atom is 0.315 e. The predicted octanol–water partition coefficient (Wildman–Crippen LogP) is 3.77. The van der Waals surface area contributed by atoms with E-state index >= 15 is 0 Å². The van der Waals surface area contributed by atoms with Crippen LogP contribution in [0.5, 0.6) is 0 Å². The smallest absolute Gasteiger partial charge is 0.315 e. The van der Waals surface area contributed by atoms with Gasteiger partial charge in [-0.15, -0.1) is 6.58 Å². The van der Waals surface area contributed by atoms with Crippen LogP contribution in [0.1, 0.15) is 40.7 Å². The SMILES string of the molecule is C=CCc1cccc2c1C(C(=O)O)c1ccccc1C2(C)C#N. The lowest BCUT2D eigenvalue weighted by molar-refractivity contribution is -0.137. The Balaban J connectivity index is 2.43. The first-order valence-electron chi connectivity index (χ1n) is 7.51. The first kappa shape index (κ1) is 15.1. The van der Waals surface area contributed by atoms with Crippen LogP contribution in [0.3, 0.4) is 0 Å². The van der Waals surface area contributed by atoms with Gasteiger partial charge >= 0.3 is 5.97 Å². The van der Waals surface area contributed by atoms with Crippen molar-refractivity contribution in [1.29, 1.82) is 5.26 Å². The molecule has 3 nitrogen and oxygen atoms in total. The summed E-state index contributed by atoms with van der Waals surface area (Å²) in [5.74, 6) is -1.64. The minimum atomic E-state index is -0.893. The van der Waals surface area contributed by atoms with Crippen LogP contribution in [-0.4, -0.2) is 11.1 Å². The number of benzene rings is 2. The Morgan fingerprint density at radius 3 is 2.65 bits per heavy atom. The molecule has 1 aliphatic carbocycles. The van der Waals surface area contributed by atoms with Crippen LogP contribution in [-0.2, 0) is 16.6 Å². The maximum atomic E-state index is 12.0. The van der Waals surface area contributed by atoms with E-state index in [1.807, 2.05) is 49.4 Å². The molecule has 2 unspecified atom stereocenters. The third-order valence-corrected chi connectivity index (χ3v) is 4.67. The Hall–Kier alpha value is -2.86. The molecule has 1 aliphatic rings. The number of nitrogens with zero attached hydrogens (tertiary/aromatic N) is 1. The van der Waals surface area contributed by atoms with Crippen molar-refractivity contribution in [2.45, 2.75) is 24.7 Å². The number of fused-ring (bicyclic) bond motifs is 2. The second-order valence-corrected chi connectivity index (χ2v) is 5.97. The number of hydrogen-bond acceptors (Lipinski definition) is 2. The van der Waals surface area contributed by atoms with Crippen LogP contribution in [0.25, 0.3) is 0 Å². The fourth-order valence-corrected chi connectivity index (χ4v) is 3.61. The third-order valence-electron chi connectivity index (χ3n) is 4.67. The lowest BCUT2D eigenvalue weighted by Gasteiger charge is -2.37. The third kappa shape index (κ3) is 2.07. The van der Waals surface area contributed by atoms with Gasteiger partial charge in [0.2, 0.25) is 0 Å². The molecule has 2 aromatic rings. The molecule has 0 aliphatic heterocycles. The van der Waals surface area contributed by atoms with Crippen molar-refractivity contribution >= 4 is 5.97 Å². The number of aliphatic carboxylic acids is 1. The van der Waals surface area contributed by atoms with Crippen LogP contribution in [0, 0.1) is 11.3 Å². The first-order chi connectivity index (χ1) is 11.0. The average molecular weight is 303 g/mol. The molecule has 0 fully saturated rings. The van der Waals surface area contributed by atoms with Crippen LogP contribution in [0.15, 0.2) is 55.1 Å². The van der Waals surface area contributed by atoms with E-state index in [-0.39, 0.29) is 0 Å². The highest BCUT2D eigenvalue weighted by atomic mass is 16.4. The fourth-order valence-electron chi connectivity index (χ4n) is 3.61. The zero-order valence-electron chi connectivity index (χ0n) is 12.9. The summed E-state index contributed by atoms with van der Waals surface area (Å²) in [5.41, 5.74) is 3.06. The van der Waals surface area contributed by atoms with Gasteiger partial charge < -0.3 is 5.11 Å². The highest BCUT2D eigenvalue weighted by molar-refractivity contribution is 5.85. The van der Waals surface area contributed by atoms with Gasteiger partial charge in [-0.05, 0) is 41.2 Å². The molecular weight excluding hydrogens is 286 g/mol. The topological polar surface area (TPSA) is 61.1 Å². The molecule has 0 heterocycles. The zero-order chi connectivity index (χ0) is 16.6. The standard InChI is InChI=1S/C20H17NO2/c1-3-7-13-8-6-11-16-17(13)18(19(22)23)14-9-4-5-10-15(14)20(16,2)12-21/h3-6,8-11,18H,1,7H2,2H3,(H,22,23). The van der Waals surface area contributed by atoms with E-state index in [9.17, 15) is 15.2 Å². The first-order valence-corrected chi connectivity index (χ1v) is 7.51. The molecule has 2 aromatic carbocycles.